The van der Waals surface area contributed by atoms with E-state index in [0.717, 1.165) is 55.8 Å². The number of aryl methyl sites for hydroxylation is 2. The van der Waals surface area contributed by atoms with E-state index in [1.165, 1.54) is 18.2 Å². The second-order valence-corrected chi connectivity index (χ2v) is 10.8. The van der Waals surface area contributed by atoms with E-state index in [2.05, 4.69) is 36.6 Å². The van der Waals surface area contributed by atoms with Crippen LogP contribution in [0.15, 0.2) is 78.9 Å². The molecule has 0 aliphatic heterocycles. The summed E-state index contributed by atoms with van der Waals surface area (Å²) in [4.78, 5) is 25.1. The number of halogens is 1. The molecule has 3 aromatic carbocycles. The number of carbonyl (C=O) groups excluding carboxylic acids is 2. The molecule has 1 atom stereocenters. The second kappa shape index (κ2) is 18.7. The number of hydrogen-bond donors (Lipinski definition) is 1. The quantitative estimate of drug-likeness (QED) is 0.186. The van der Waals surface area contributed by atoms with Crippen molar-refractivity contribution in [2.45, 2.75) is 44.8 Å². The molecule has 8 nitrogen and oxygen atoms in total. The van der Waals surface area contributed by atoms with Crippen molar-refractivity contribution in [1.29, 1.82) is 0 Å². The van der Waals surface area contributed by atoms with Crippen LogP contribution in [0.25, 0.3) is 0 Å². The van der Waals surface area contributed by atoms with Crippen molar-refractivity contribution >= 4 is 12.1 Å². The summed E-state index contributed by atoms with van der Waals surface area (Å²) in [5, 5.41) is 2.94. The van der Waals surface area contributed by atoms with Crippen LogP contribution in [0.1, 0.15) is 36.0 Å². The highest BCUT2D eigenvalue weighted by Gasteiger charge is 2.29. The van der Waals surface area contributed by atoms with E-state index in [0.29, 0.717) is 11.0 Å². The van der Waals surface area contributed by atoms with Gasteiger partial charge in [0.1, 0.15) is 18.1 Å². The number of nitrogens with zero attached hydrogens (tertiary/aromatic N) is 1. The van der Waals surface area contributed by atoms with Gasteiger partial charge in [-0.15, -0.1) is 0 Å². The first-order valence-electron chi connectivity index (χ1n) is 14.5. The highest BCUT2D eigenvalue weighted by atomic mass is 35.5. The topological polar surface area (TPSA) is 83.1 Å². The number of hydrogen-bond acceptors (Lipinski definition) is 6. The number of alkyl carbamates (subject to hydrolysis) is 1. The van der Waals surface area contributed by atoms with E-state index in [1.807, 2.05) is 54.6 Å². The highest BCUT2D eigenvalue weighted by Crippen LogP contribution is 2.18. The minimum Gasteiger partial charge on any atom is -1.00 e. The Kier molecular flexibility index (Phi) is 15.4. The lowest BCUT2D eigenvalue weighted by molar-refractivity contribution is -0.911. The van der Waals surface area contributed by atoms with Gasteiger partial charge in [-0.2, -0.15) is 0 Å². The predicted molar refractivity (Wildman–Crippen MR) is 164 cm³/mol. The third-order valence-corrected chi connectivity index (χ3v) is 7.48. The molecular weight excluding hydrogens is 568 g/mol. The molecule has 3 aromatic rings. The fraction of sp³-hybridized carbons (Fsp3) is 0.412. The summed E-state index contributed by atoms with van der Waals surface area (Å²) in [5.74, 6) is 1.31. The first-order chi connectivity index (χ1) is 20.3. The maximum atomic E-state index is 12.8. The van der Waals surface area contributed by atoms with Crippen molar-refractivity contribution < 1.29 is 45.4 Å². The smallest absolute Gasteiger partial charge is 0.407 e. The summed E-state index contributed by atoms with van der Waals surface area (Å²) in [7, 11) is 6.90. The van der Waals surface area contributed by atoms with E-state index in [9.17, 15) is 9.59 Å². The van der Waals surface area contributed by atoms with Crippen molar-refractivity contribution in [2.24, 2.45) is 0 Å². The lowest BCUT2D eigenvalue weighted by Gasteiger charge is -2.37. The van der Waals surface area contributed by atoms with E-state index in [1.54, 1.807) is 14.2 Å². The number of esters is 1. The fourth-order valence-electron chi connectivity index (χ4n) is 5.12. The van der Waals surface area contributed by atoms with Crippen LogP contribution in [0.4, 0.5) is 4.79 Å². The Bertz CT molecular complexity index is 1170. The van der Waals surface area contributed by atoms with Gasteiger partial charge >= 0.3 is 12.1 Å². The van der Waals surface area contributed by atoms with Gasteiger partial charge in [-0.25, -0.2) is 4.79 Å². The van der Waals surface area contributed by atoms with E-state index in [4.69, 9.17) is 18.9 Å². The van der Waals surface area contributed by atoms with Crippen LogP contribution in [0.5, 0.6) is 11.5 Å². The van der Waals surface area contributed by atoms with Gasteiger partial charge in [-0.3, -0.25) is 4.79 Å². The van der Waals surface area contributed by atoms with Crippen LogP contribution < -0.4 is 27.2 Å². The van der Waals surface area contributed by atoms with Crippen LogP contribution in [0.2, 0.25) is 0 Å². The number of methoxy groups -OCH3 is 3. The molecule has 0 unspecified atom stereocenters. The Morgan fingerprint density at radius 3 is 1.72 bits per heavy atom. The van der Waals surface area contributed by atoms with Crippen LogP contribution in [0.3, 0.4) is 0 Å². The number of benzene rings is 3. The molecular formula is C34H45ClN2O6. The average molecular weight is 613 g/mol. The van der Waals surface area contributed by atoms with Crippen LogP contribution in [-0.4, -0.2) is 70.6 Å². The molecule has 0 aliphatic carbocycles. The number of likely N-dealkylation sites (N-methyl/N-ethyl adjacent to an activating group) is 1. The van der Waals surface area contributed by atoms with Gasteiger partial charge in [0.25, 0.3) is 0 Å². The molecule has 43 heavy (non-hydrogen) atoms. The molecule has 0 saturated carbocycles. The Morgan fingerprint density at radius 2 is 1.26 bits per heavy atom. The van der Waals surface area contributed by atoms with Gasteiger partial charge in [-0.1, -0.05) is 54.6 Å². The molecule has 234 valence electrons. The first-order valence-corrected chi connectivity index (χ1v) is 14.5. The highest BCUT2D eigenvalue weighted by molar-refractivity contribution is 5.72. The molecule has 0 aliphatic rings. The molecule has 1 amide bonds. The van der Waals surface area contributed by atoms with Crippen molar-refractivity contribution in [3.8, 4) is 11.5 Å². The molecule has 1 N–H and O–H groups in total. The number of quaternary nitrogens is 1. The maximum absolute atomic E-state index is 12.8. The van der Waals surface area contributed by atoms with Gasteiger partial charge in [0.2, 0.25) is 0 Å². The monoisotopic (exact) mass is 612 g/mol. The van der Waals surface area contributed by atoms with Crippen molar-refractivity contribution in [3.63, 3.8) is 0 Å². The first kappa shape index (κ1) is 35.4. The van der Waals surface area contributed by atoms with Gasteiger partial charge in [0.05, 0.1) is 60.5 Å². The predicted octanol–water partition coefficient (Wildman–Crippen LogP) is 2.58. The molecule has 0 bridgehead atoms. The van der Waals surface area contributed by atoms with Crippen molar-refractivity contribution in [3.05, 3.63) is 95.6 Å². The van der Waals surface area contributed by atoms with E-state index < -0.39 is 12.1 Å². The minimum absolute atomic E-state index is 0. The fourth-order valence-corrected chi connectivity index (χ4v) is 5.12. The Balaban J connectivity index is 0.00000645. The lowest BCUT2D eigenvalue weighted by atomic mass is 10.1. The molecule has 0 aromatic heterocycles. The zero-order valence-electron chi connectivity index (χ0n) is 25.7. The zero-order chi connectivity index (χ0) is 30.2. The molecule has 0 radical (unpaired) electrons. The Labute approximate surface area is 262 Å². The van der Waals surface area contributed by atoms with Gasteiger partial charge in [0.15, 0.2) is 0 Å². The summed E-state index contributed by atoms with van der Waals surface area (Å²) >= 11 is 0. The third kappa shape index (κ3) is 13.0. The standard InChI is InChI=1S/C34H44N2O6.ClH/c1-36(22-8-12-27-14-18-31(39-2)19-15-27,23-9-13-28-16-20-32(40-3)21-17-28)25-30(24-33(37)41-4)35-34(38)42-26-29-10-6-5-7-11-29;/h5-7,10-11,14-21,30H,8-9,12-13,22-26H2,1-4H3;1H/t30-;/m1./s1. The number of rotatable bonds is 17. The maximum Gasteiger partial charge on any atom is 0.407 e. The lowest BCUT2D eigenvalue weighted by Crippen LogP contribution is -3.00. The summed E-state index contributed by atoms with van der Waals surface area (Å²) in [6, 6.07) is 25.4. The second-order valence-electron chi connectivity index (χ2n) is 10.8. The molecule has 0 saturated heterocycles. The number of amides is 1. The Morgan fingerprint density at radius 1 is 0.744 bits per heavy atom. The van der Waals surface area contributed by atoms with Crippen LogP contribution >= 0.6 is 0 Å². The van der Waals surface area contributed by atoms with Crippen LogP contribution in [0, 0.1) is 0 Å². The number of nitrogens with one attached hydrogen (secondary N) is 1. The molecule has 0 spiro atoms. The third-order valence-electron chi connectivity index (χ3n) is 7.48. The summed E-state index contributed by atoms with van der Waals surface area (Å²) in [6.07, 6.45) is 3.27. The van der Waals surface area contributed by atoms with Crippen molar-refractivity contribution in [2.75, 3.05) is 48.0 Å². The SMILES string of the molecule is COC(=O)C[C@H](C[N+](C)(CCCc1ccc(OC)cc1)CCCc1ccc(OC)cc1)NC(=O)OCc1ccccc1.[Cl-]. The summed E-state index contributed by atoms with van der Waals surface area (Å²) in [6.45, 7) is 2.49. The largest absolute Gasteiger partial charge is 1.00 e. The van der Waals surface area contributed by atoms with E-state index in [-0.39, 0.29) is 31.4 Å². The normalized spacial score (nSPS) is 11.5. The van der Waals surface area contributed by atoms with Gasteiger partial charge < -0.3 is 41.2 Å². The minimum atomic E-state index is -0.546. The molecule has 9 heteroatoms. The number of ether oxygens (including phenoxy) is 4. The molecule has 0 heterocycles. The van der Waals surface area contributed by atoms with E-state index >= 15 is 0 Å². The zero-order valence-corrected chi connectivity index (χ0v) is 26.5. The summed E-state index contributed by atoms with van der Waals surface area (Å²) < 4.78 is 21.7. The van der Waals surface area contributed by atoms with Gasteiger partial charge in [-0.05, 0) is 53.8 Å². The molecule has 3 rings (SSSR count). The average Bonchev–Trinajstić information content (AvgIpc) is 3.01. The van der Waals surface area contributed by atoms with Gasteiger partial charge in [0, 0.05) is 12.8 Å². The summed E-state index contributed by atoms with van der Waals surface area (Å²) in [5.41, 5.74) is 3.39. The number of carbonyl (C=O) groups is 2. The van der Waals surface area contributed by atoms with Crippen molar-refractivity contribution in [1.82, 2.24) is 5.32 Å². The van der Waals surface area contributed by atoms with Crippen LogP contribution in [-0.2, 0) is 33.7 Å². The molecule has 0 fully saturated rings. The Hall–Kier alpha value is -3.75.